The van der Waals surface area contributed by atoms with Crippen LogP contribution in [0.5, 0.6) is 11.5 Å². The Hall–Kier alpha value is -0.650. The smallest absolute Gasteiger partial charge is 0.135 e. The molecule has 2 nitrogen and oxygen atoms in total. The highest BCUT2D eigenvalue weighted by Gasteiger charge is 1.99. The average Bonchev–Trinajstić information content (AvgIpc) is 2.31. The maximum Gasteiger partial charge on any atom is 0.135 e. The number of hydrogen-bond donors (Lipinski definition) is 2. The molecule has 0 radical (unpaired) electrons. The van der Waals surface area contributed by atoms with Crippen LogP contribution in [0, 0.1) is 3.57 Å². The molecule has 0 fully saturated rings. The topological polar surface area (TPSA) is 40.5 Å². The van der Waals surface area contributed by atoms with Crippen LogP contribution in [0.25, 0.3) is 0 Å². The lowest BCUT2D eigenvalue weighted by molar-refractivity contribution is 0.471. The molecule has 2 rings (SSSR count). The summed E-state index contributed by atoms with van der Waals surface area (Å²) in [5.74, 6) is 0.372. The highest BCUT2D eigenvalue weighted by molar-refractivity contribution is 14.1. The van der Waals surface area contributed by atoms with Crippen molar-refractivity contribution in [2.24, 2.45) is 0 Å². The minimum atomic E-state index is 0.0177. The number of halogens is 3. The van der Waals surface area contributed by atoms with Gasteiger partial charge in [0.1, 0.15) is 16.5 Å². The third kappa shape index (κ3) is 4.61. The third-order valence-corrected chi connectivity index (χ3v) is 3.50. The predicted molar refractivity (Wildman–Crippen MR) is 79.0 cm³/mol. The van der Waals surface area contributed by atoms with Crippen molar-refractivity contribution in [2.45, 2.75) is 0 Å². The molecule has 5 heteroatoms. The van der Waals surface area contributed by atoms with Crippen molar-refractivity contribution in [2.75, 3.05) is 0 Å². The Kier molecular flexibility index (Phi) is 5.88. The zero-order valence-corrected chi connectivity index (χ0v) is 12.2. The van der Waals surface area contributed by atoms with Crippen LogP contribution in [-0.2, 0) is 0 Å². The molecule has 0 heterocycles. The van der Waals surface area contributed by atoms with Gasteiger partial charge in [0.15, 0.2) is 0 Å². The second kappa shape index (κ2) is 6.93. The van der Waals surface area contributed by atoms with Crippen molar-refractivity contribution >= 4 is 45.8 Å². The molecule has 0 aliphatic carbocycles. The van der Waals surface area contributed by atoms with Crippen LogP contribution >= 0.6 is 45.8 Å². The van der Waals surface area contributed by atoms with Crippen molar-refractivity contribution in [3.05, 3.63) is 56.1 Å². The number of aromatic hydroxyl groups is 2. The van der Waals surface area contributed by atoms with Gasteiger partial charge in [0, 0.05) is 0 Å². The van der Waals surface area contributed by atoms with E-state index in [1.165, 1.54) is 6.07 Å². The van der Waals surface area contributed by atoms with E-state index in [-0.39, 0.29) is 10.8 Å². The number of benzene rings is 2. The molecule has 0 unspecified atom stereocenters. The largest absolute Gasteiger partial charge is 0.507 e. The lowest BCUT2D eigenvalue weighted by Crippen LogP contribution is -1.67. The monoisotopic (exact) mass is 382 g/mol. The molecular formula is C12H9Cl2IO2. The van der Waals surface area contributed by atoms with E-state index in [1.54, 1.807) is 24.3 Å². The Balaban J connectivity index is 0.000000171. The summed E-state index contributed by atoms with van der Waals surface area (Å²) >= 11 is 13.1. The lowest BCUT2D eigenvalue weighted by atomic mass is 10.3. The molecule has 17 heavy (non-hydrogen) atoms. The second-order valence-electron chi connectivity index (χ2n) is 3.02. The van der Waals surface area contributed by atoms with E-state index in [0.29, 0.717) is 10.8 Å². The highest BCUT2D eigenvalue weighted by atomic mass is 127. The van der Waals surface area contributed by atoms with Crippen LogP contribution in [0.3, 0.4) is 0 Å². The van der Waals surface area contributed by atoms with Gasteiger partial charge in [0.25, 0.3) is 0 Å². The molecule has 2 aromatic rings. The Morgan fingerprint density at radius 2 is 1.41 bits per heavy atom. The van der Waals surface area contributed by atoms with Crippen LogP contribution in [0.4, 0.5) is 0 Å². The molecule has 0 saturated heterocycles. The quantitative estimate of drug-likeness (QED) is 0.648. The summed E-state index contributed by atoms with van der Waals surface area (Å²) < 4.78 is 0.894. The van der Waals surface area contributed by atoms with Crippen molar-refractivity contribution in [3.63, 3.8) is 0 Å². The van der Waals surface area contributed by atoms with Gasteiger partial charge in [-0.05, 0) is 46.9 Å². The van der Waals surface area contributed by atoms with Crippen LogP contribution in [0.15, 0.2) is 42.5 Å². The van der Waals surface area contributed by atoms with Crippen molar-refractivity contribution in [1.29, 1.82) is 0 Å². The number of para-hydroxylation sites is 1. The fraction of sp³-hybridized carbons (Fsp3) is 0. The Labute approximate surface area is 123 Å². The van der Waals surface area contributed by atoms with Gasteiger partial charge in [-0.1, -0.05) is 41.4 Å². The summed E-state index contributed by atoms with van der Waals surface area (Å²) in [6, 6.07) is 11.9. The molecule has 2 N–H and O–H groups in total. The van der Waals surface area contributed by atoms with Crippen LogP contribution in [0.2, 0.25) is 10.0 Å². The zero-order valence-electron chi connectivity index (χ0n) is 8.57. The summed E-state index contributed by atoms with van der Waals surface area (Å²) in [7, 11) is 0. The number of hydrogen-bond acceptors (Lipinski definition) is 2. The first kappa shape index (κ1) is 14.4. The number of phenolic OH excluding ortho intramolecular Hbond substituents is 2. The van der Waals surface area contributed by atoms with E-state index in [9.17, 15) is 0 Å². The summed E-state index contributed by atoms with van der Waals surface area (Å²) in [6.45, 7) is 0. The minimum Gasteiger partial charge on any atom is -0.507 e. The first-order valence-corrected chi connectivity index (χ1v) is 6.42. The standard InChI is InChI=1S/C6H4Cl2O.C6H5IO/c7-4-2-1-3-5(9)6(4)8;7-5-3-1-2-4-6(5)8/h1-3,9H;1-4,8H. The molecule has 0 spiro atoms. The van der Waals surface area contributed by atoms with Gasteiger partial charge < -0.3 is 10.2 Å². The molecular weight excluding hydrogens is 374 g/mol. The van der Waals surface area contributed by atoms with Gasteiger partial charge in [-0.2, -0.15) is 0 Å². The normalized spacial score (nSPS) is 9.35. The van der Waals surface area contributed by atoms with E-state index in [1.807, 2.05) is 12.1 Å². The fourth-order valence-electron chi connectivity index (χ4n) is 0.944. The fourth-order valence-corrected chi connectivity index (χ4v) is 1.63. The summed E-state index contributed by atoms with van der Waals surface area (Å²) in [5.41, 5.74) is 0. The van der Waals surface area contributed by atoms with Gasteiger partial charge in [-0.3, -0.25) is 0 Å². The van der Waals surface area contributed by atoms with Crippen molar-refractivity contribution < 1.29 is 10.2 Å². The molecule has 0 saturated carbocycles. The summed E-state index contributed by atoms with van der Waals surface area (Å²) in [4.78, 5) is 0. The Morgan fingerprint density at radius 3 is 1.82 bits per heavy atom. The average molecular weight is 383 g/mol. The van der Waals surface area contributed by atoms with Gasteiger partial charge >= 0.3 is 0 Å². The van der Waals surface area contributed by atoms with Gasteiger partial charge in [0.05, 0.1) is 8.59 Å². The maximum absolute atomic E-state index is 8.91. The van der Waals surface area contributed by atoms with Crippen molar-refractivity contribution in [1.82, 2.24) is 0 Å². The Morgan fingerprint density at radius 1 is 0.824 bits per heavy atom. The number of phenols is 2. The van der Waals surface area contributed by atoms with E-state index >= 15 is 0 Å². The first-order valence-electron chi connectivity index (χ1n) is 4.59. The molecule has 0 amide bonds. The van der Waals surface area contributed by atoms with Gasteiger partial charge in [-0.25, -0.2) is 0 Å². The molecule has 0 aromatic heterocycles. The molecule has 90 valence electrons. The summed E-state index contributed by atoms with van der Waals surface area (Å²) in [6.07, 6.45) is 0. The van der Waals surface area contributed by atoms with E-state index < -0.39 is 0 Å². The minimum absolute atomic E-state index is 0.0177. The van der Waals surface area contributed by atoms with E-state index in [0.717, 1.165) is 3.57 Å². The maximum atomic E-state index is 8.91. The first-order chi connectivity index (χ1) is 8.02. The second-order valence-corrected chi connectivity index (χ2v) is 4.97. The third-order valence-electron chi connectivity index (χ3n) is 1.78. The predicted octanol–water partition coefficient (Wildman–Crippen LogP) is 4.70. The summed E-state index contributed by atoms with van der Waals surface area (Å²) in [5, 5.41) is 18.4. The SMILES string of the molecule is Oc1cccc(Cl)c1Cl.Oc1ccccc1I. The van der Waals surface area contributed by atoms with E-state index in [4.69, 9.17) is 33.4 Å². The molecule has 0 atom stereocenters. The molecule has 0 bridgehead atoms. The Bertz CT molecular complexity index is 462. The lowest BCUT2D eigenvalue weighted by Gasteiger charge is -1.95. The number of rotatable bonds is 0. The van der Waals surface area contributed by atoms with Crippen molar-refractivity contribution in [3.8, 4) is 11.5 Å². The highest BCUT2D eigenvalue weighted by Crippen LogP contribution is 2.29. The van der Waals surface area contributed by atoms with Crippen LogP contribution < -0.4 is 0 Å². The van der Waals surface area contributed by atoms with Gasteiger partial charge in [-0.15, -0.1) is 0 Å². The van der Waals surface area contributed by atoms with E-state index in [2.05, 4.69) is 22.6 Å². The van der Waals surface area contributed by atoms with Crippen LogP contribution in [-0.4, -0.2) is 10.2 Å². The molecule has 0 aliphatic heterocycles. The molecule has 0 aliphatic rings. The zero-order chi connectivity index (χ0) is 12.8. The van der Waals surface area contributed by atoms with Gasteiger partial charge in [0.2, 0.25) is 0 Å². The molecule has 2 aromatic carbocycles. The van der Waals surface area contributed by atoms with Crippen LogP contribution in [0.1, 0.15) is 0 Å².